The molecule has 47 heavy (non-hydrogen) atoms. The Labute approximate surface area is 285 Å². The van der Waals surface area contributed by atoms with Crippen molar-refractivity contribution < 1.29 is 23.7 Å². The molecule has 0 amide bonds. The Hall–Kier alpha value is -2.59. The molecule has 0 radical (unpaired) electrons. The van der Waals surface area contributed by atoms with Gasteiger partial charge in [-0.25, -0.2) is 0 Å². The van der Waals surface area contributed by atoms with E-state index in [9.17, 15) is 0 Å². The molecule has 0 N–H and O–H groups in total. The van der Waals surface area contributed by atoms with Crippen molar-refractivity contribution in [1.29, 1.82) is 0 Å². The minimum atomic E-state index is -1.19. The molecule has 2 heterocycles. The van der Waals surface area contributed by atoms with Crippen molar-refractivity contribution in [2.24, 2.45) is 0 Å². The maximum Gasteiger partial charge on any atom is 0.131 e. The van der Waals surface area contributed by atoms with Gasteiger partial charge >= 0.3 is 0 Å². The molecule has 2 atom stereocenters. The first-order valence-corrected chi connectivity index (χ1v) is 18.9. The van der Waals surface area contributed by atoms with Crippen LogP contribution < -0.4 is 30.1 Å². The van der Waals surface area contributed by atoms with Crippen LogP contribution in [0.4, 0.5) is 0 Å². The van der Waals surface area contributed by atoms with E-state index in [1.165, 1.54) is 45.7 Å². The van der Waals surface area contributed by atoms with E-state index in [2.05, 4.69) is 104 Å². The van der Waals surface area contributed by atoms with Crippen molar-refractivity contribution >= 4 is 23.8 Å². The van der Waals surface area contributed by atoms with Gasteiger partial charge in [-0.2, -0.15) is 0 Å². The first kappa shape index (κ1) is 35.7. The summed E-state index contributed by atoms with van der Waals surface area (Å²) in [7, 11) is 0.586. The van der Waals surface area contributed by atoms with Gasteiger partial charge < -0.3 is 23.7 Å². The normalized spacial score (nSPS) is 19.7. The fourth-order valence-electron chi connectivity index (χ4n) is 6.69. The topological polar surface area (TPSA) is 46.2 Å². The maximum absolute atomic E-state index is 7.00. The summed E-state index contributed by atoms with van der Waals surface area (Å²) < 4.78 is 32.4. The molecule has 0 aromatic heterocycles. The molecular weight excluding hydrogens is 603 g/mol. The molecular formula is C41H57O5P. The molecule has 2 saturated heterocycles. The van der Waals surface area contributed by atoms with Crippen molar-refractivity contribution in [2.45, 2.75) is 117 Å². The number of ether oxygens (including phenoxy) is 5. The highest BCUT2D eigenvalue weighted by Gasteiger charge is 2.34. The van der Waals surface area contributed by atoms with Crippen LogP contribution in [-0.4, -0.2) is 45.7 Å². The molecule has 0 spiro atoms. The standard InChI is InChI=1S/C41H57O5P/c1-28-22-32(40(3,4)5)38(45-26-30-16-12-14-20-43-30)36(24-28)47(35-19-11-10-18-34(35)42-9)37-25-29(2)23-33(41(6,7)8)39(37)46-27-31-17-13-15-21-44-31/h10-11,18-19,22-25,30-31H,12-17,20-21,26-27H2,1-9H3. The number of rotatable bonds is 10. The van der Waals surface area contributed by atoms with Gasteiger partial charge in [0.15, 0.2) is 0 Å². The molecule has 256 valence electrons. The lowest BCUT2D eigenvalue weighted by Crippen LogP contribution is -2.32. The molecule has 5 nitrogen and oxygen atoms in total. The molecule has 2 fully saturated rings. The summed E-state index contributed by atoms with van der Waals surface area (Å²) in [4.78, 5) is 0. The van der Waals surface area contributed by atoms with Crippen molar-refractivity contribution in [1.82, 2.24) is 0 Å². The van der Waals surface area contributed by atoms with E-state index in [1.54, 1.807) is 7.11 Å². The SMILES string of the molecule is COc1ccccc1P(c1cc(C)cc(C(C)(C)C)c1OCC1CCCCO1)c1cc(C)cc(C(C)(C)C)c1OCC1CCCCO1. The smallest absolute Gasteiger partial charge is 0.131 e. The van der Waals surface area contributed by atoms with E-state index in [0.717, 1.165) is 61.5 Å². The fraction of sp³-hybridized carbons (Fsp3) is 0.561. The lowest BCUT2D eigenvalue weighted by Gasteiger charge is -2.33. The molecule has 3 aromatic carbocycles. The average Bonchev–Trinajstić information content (AvgIpc) is 3.04. The molecule has 0 bridgehead atoms. The molecule has 6 heteroatoms. The van der Waals surface area contributed by atoms with E-state index in [-0.39, 0.29) is 23.0 Å². The monoisotopic (exact) mass is 660 g/mol. The van der Waals surface area contributed by atoms with Crippen LogP contribution in [0.3, 0.4) is 0 Å². The Kier molecular flexibility index (Phi) is 11.6. The van der Waals surface area contributed by atoms with E-state index < -0.39 is 7.92 Å². The van der Waals surface area contributed by atoms with Crippen LogP contribution in [0.5, 0.6) is 17.2 Å². The zero-order valence-electron chi connectivity index (χ0n) is 30.3. The number of hydrogen-bond acceptors (Lipinski definition) is 5. The Morgan fingerprint density at radius 2 is 1.13 bits per heavy atom. The molecule has 2 unspecified atom stereocenters. The van der Waals surface area contributed by atoms with Gasteiger partial charge in [0, 0.05) is 40.3 Å². The van der Waals surface area contributed by atoms with Crippen LogP contribution >= 0.6 is 7.92 Å². The van der Waals surface area contributed by atoms with Gasteiger partial charge in [-0.15, -0.1) is 0 Å². The van der Waals surface area contributed by atoms with Gasteiger partial charge in [0.25, 0.3) is 0 Å². The summed E-state index contributed by atoms with van der Waals surface area (Å²) in [5.41, 5.74) is 4.60. The van der Waals surface area contributed by atoms with Crippen molar-refractivity contribution in [3.05, 3.63) is 70.8 Å². The van der Waals surface area contributed by atoms with Crippen molar-refractivity contribution in [3.8, 4) is 17.2 Å². The second-order valence-corrected chi connectivity index (χ2v) is 17.5. The highest BCUT2D eigenvalue weighted by molar-refractivity contribution is 7.80. The third-order valence-corrected chi connectivity index (χ3v) is 11.7. The summed E-state index contributed by atoms with van der Waals surface area (Å²) >= 11 is 0. The van der Waals surface area contributed by atoms with Gasteiger partial charge in [-0.05, 0) is 100 Å². The maximum atomic E-state index is 7.00. The average molecular weight is 661 g/mol. The van der Waals surface area contributed by atoms with Crippen LogP contribution in [0.1, 0.15) is 102 Å². The predicted molar refractivity (Wildman–Crippen MR) is 197 cm³/mol. The van der Waals surface area contributed by atoms with Gasteiger partial charge in [0.2, 0.25) is 0 Å². The third-order valence-electron chi connectivity index (χ3n) is 9.23. The van der Waals surface area contributed by atoms with Crippen LogP contribution in [0.2, 0.25) is 0 Å². The van der Waals surface area contributed by atoms with Crippen LogP contribution in [0, 0.1) is 13.8 Å². The highest BCUT2D eigenvalue weighted by Crippen LogP contribution is 2.47. The summed E-state index contributed by atoms with van der Waals surface area (Å²) in [6.45, 7) is 20.8. The van der Waals surface area contributed by atoms with E-state index in [1.807, 2.05) is 0 Å². The number of para-hydroxylation sites is 1. The second kappa shape index (κ2) is 15.3. The molecule has 5 rings (SSSR count). The number of benzene rings is 3. The first-order chi connectivity index (χ1) is 22.4. The molecule has 0 saturated carbocycles. The summed E-state index contributed by atoms with van der Waals surface area (Å²) in [5, 5.41) is 3.53. The van der Waals surface area contributed by atoms with Crippen molar-refractivity contribution in [3.63, 3.8) is 0 Å². The lowest BCUT2D eigenvalue weighted by atomic mass is 9.85. The molecule has 0 aliphatic carbocycles. The van der Waals surface area contributed by atoms with Crippen LogP contribution in [0.15, 0.2) is 48.5 Å². The number of methoxy groups -OCH3 is 1. The Morgan fingerprint density at radius 3 is 1.53 bits per heavy atom. The number of aryl methyl sites for hydroxylation is 2. The Bertz CT molecular complexity index is 1400. The minimum Gasteiger partial charge on any atom is -0.496 e. The molecule has 2 aliphatic rings. The van der Waals surface area contributed by atoms with Gasteiger partial charge in [-0.1, -0.05) is 71.9 Å². The Morgan fingerprint density at radius 1 is 0.660 bits per heavy atom. The zero-order valence-corrected chi connectivity index (χ0v) is 31.2. The Balaban J connectivity index is 1.77. The second-order valence-electron chi connectivity index (χ2n) is 15.4. The van der Waals surface area contributed by atoms with Gasteiger partial charge in [0.1, 0.15) is 30.5 Å². The first-order valence-electron chi connectivity index (χ1n) is 17.6. The molecule has 2 aliphatic heterocycles. The third kappa shape index (κ3) is 8.72. The lowest BCUT2D eigenvalue weighted by molar-refractivity contribution is -0.0111. The quantitative estimate of drug-likeness (QED) is 0.204. The largest absolute Gasteiger partial charge is 0.496 e. The molecule has 3 aromatic rings. The summed E-state index contributed by atoms with van der Waals surface area (Å²) in [5.74, 6) is 2.81. The van der Waals surface area contributed by atoms with Crippen LogP contribution in [0.25, 0.3) is 0 Å². The van der Waals surface area contributed by atoms with Crippen molar-refractivity contribution in [2.75, 3.05) is 33.5 Å². The summed E-state index contributed by atoms with van der Waals surface area (Å²) in [6.07, 6.45) is 6.86. The fourth-order valence-corrected chi connectivity index (χ4v) is 9.53. The van der Waals surface area contributed by atoms with E-state index >= 15 is 0 Å². The van der Waals surface area contributed by atoms with Gasteiger partial charge in [0.05, 0.1) is 19.3 Å². The zero-order chi connectivity index (χ0) is 33.8. The summed E-state index contributed by atoms with van der Waals surface area (Å²) in [6, 6.07) is 17.8. The predicted octanol–water partition coefficient (Wildman–Crippen LogP) is 8.56. The van der Waals surface area contributed by atoms with E-state index in [4.69, 9.17) is 23.7 Å². The van der Waals surface area contributed by atoms with E-state index in [0.29, 0.717) is 13.2 Å². The minimum absolute atomic E-state index is 0.101. The van der Waals surface area contributed by atoms with Crippen LogP contribution in [-0.2, 0) is 20.3 Å². The highest BCUT2D eigenvalue weighted by atomic mass is 31.1. The van der Waals surface area contributed by atoms with Gasteiger partial charge in [-0.3, -0.25) is 0 Å². The number of hydrogen-bond donors (Lipinski definition) is 0.